The van der Waals surface area contributed by atoms with Gasteiger partial charge < -0.3 is 20.3 Å². The Hall–Kier alpha value is -2.57. The number of benzene rings is 1. The fourth-order valence-electron chi connectivity index (χ4n) is 2.54. The highest BCUT2D eigenvalue weighted by molar-refractivity contribution is 5.90. The standard InChI is InChI=1S/C20H31N3O4/c1-7-23(16(24)13-21-19(26)27-20(4,5)6)17(18(25)22-14(2)3)15-11-9-8-10-12-15/h8-12,14,17H,7,13H2,1-6H3,(H,21,26)(H,22,25). The van der Waals surface area contributed by atoms with Crippen LogP contribution in [0.25, 0.3) is 0 Å². The quantitative estimate of drug-likeness (QED) is 0.765. The number of carbonyl (C=O) groups is 3. The van der Waals surface area contributed by atoms with Crippen LogP contribution in [0.1, 0.15) is 53.1 Å². The number of likely N-dealkylation sites (N-methyl/N-ethyl adjacent to an activating group) is 1. The molecule has 0 bridgehead atoms. The maximum absolute atomic E-state index is 12.8. The van der Waals surface area contributed by atoms with Crippen LogP contribution in [0.2, 0.25) is 0 Å². The predicted octanol–water partition coefficient (Wildman–Crippen LogP) is 2.63. The smallest absolute Gasteiger partial charge is 0.408 e. The number of hydrogen-bond donors (Lipinski definition) is 2. The van der Waals surface area contributed by atoms with E-state index in [-0.39, 0.29) is 24.4 Å². The Labute approximate surface area is 161 Å². The van der Waals surface area contributed by atoms with Crippen LogP contribution < -0.4 is 10.6 Å². The molecular formula is C20H31N3O4. The number of hydrogen-bond acceptors (Lipinski definition) is 4. The third-order valence-corrected chi connectivity index (χ3v) is 3.55. The van der Waals surface area contributed by atoms with Crippen molar-refractivity contribution in [1.82, 2.24) is 15.5 Å². The second-order valence-corrected chi connectivity index (χ2v) is 7.51. The Kier molecular flexibility index (Phi) is 8.28. The minimum Gasteiger partial charge on any atom is -0.444 e. The Balaban J connectivity index is 2.95. The van der Waals surface area contributed by atoms with E-state index in [1.54, 1.807) is 27.7 Å². The molecule has 1 atom stereocenters. The average Bonchev–Trinajstić information content (AvgIpc) is 2.55. The average molecular weight is 377 g/mol. The third kappa shape index (κ3) is 7.68. The first-order valence-electron chi connectivity index (χ1n) is 9.16. The van der Waals surface area contributed by atoms with Gasteiger partial charge in [0.15, 0.2) is 0 Å². The van der Waals surface area contributed by atoms with Crippen LogP contribution in [0.4, 0.5) is 4.79 Å². The van der Waals surface area contributed by atoms with Gasteiger partial charge in [-0.3, -0.25) is 9.59 Å². The summed E-state index contributed by atoms with van der Waals surface area (Å²) in [5.74, 6) is -0.625. The fourth-order valence-corrected chi connectivity index (χ4v) is 2.54. The summed E-state index contributed by atoms with van der Waals surface area (Å²) in [6, 6.07) is 8.28. The number of nitrogens with zero attached hydrogens (tertiary/aromatic N) is 1. The van der Waals surface area contributed by atoms with E-state index in [0.29, 0.717) is 12.1 Å². The molecule has 0 aliphatic carbocycles. The first-order valence-corrected chi connectivity index (χ1v) is 9.16. The van der Waals surface area contributed by atoms with Crippen molar-refractivity contribution in [3.8, 4) is 0 Å². The summed E-state index contributed by atoms with van der Waals surface area (Å²) in [7, 11) is 0. The van der Waals surface area contributed by atoms with E-state index < -0.39 is 17.7 Å². The van der Waals surface area contributed by atoms with Gasteiger partial charge >= 0.3 is 6.09 Å². The monoisotopic (exact) mass is 377 g/mol. The van der Waals surface area contributed by atoms with Crippen LogP contribution in [0.5, 0.6) is 0 Å². The van der Waals surface area contributed by atoms with Crippen molar-refractivity contribution in [2.24, 2.45) is 0 Å². The van der Waals surface area contributed by atoms with Crippen molar-refractivity contribution in [3.63, 3.8) is 0 Å². The predicted molar refractivity (Wildman–Crippen MR) is 104 cm³/mol. The molecule has 0 fully saturated rings. The number of alkyl carbamates (subject to hydrolysis) is 1. The van der Waals surface area contributed by atoms with Crippen molar-refractivity contribution >= 4 is 17.9 Å². The number of ether oxygens (including phenoxy) is 1. The van der Waals surface area contributed by atoms with Crippen molar-refractivity contribution in [1.29, 1.82) is 0 Å². The second-order valence-electron chi connectivity index (χ2n) is 7.51. The van der Waals surface area contributed by atoms with Crippen LogP contribution in [0.3, 0.4) is 0 Å². The van der Waals surface area contributed by atoms with E-state index in [4.69, 9.17) is 4.74 Å². The highest BCUT2D eigenvalue weighted by Gasteiger charge is 2.30. The molecule has 0 spiro atoms. The minimum atomic E-state index is -0.772. The van der Waals surface area contributed by atoms with Crippen LogP contribution in [0, 0.1) is 0 Å². The van der Waals surface area contributed by atoms with Crippen molar-refractivity contribution in [3.05, 3.63) is 35.9 Å². The number of nitrogens with one attached hydrogen (secondary N) is 2. The largest absolute Gasteiger partial charge is 0.444 e. The van der Waals surface area contributed by atoms with Crippen LogP contribution in [-0.4, -0.2) is 47.5 Å². The zero-order chi connectivity index (χ0) is 20.6. The second kappa shape index (κ2) is 9.94. The Bertz CT molecular complexity index is 638. The van der Waals surface area contributed by atoms with Crippen LogP contribution >= 0.6 is 0 Å². The summed E-state index contributed by atoms with van der Waals surface area (Å²) in [5.41, 5.74) is 0.0597. The van der Waals surface area contributed by atoms with Gasteiger partial charge in [0.05, 0.1) is 0 Å². The van der Waals surface area contributed by atoms with Gasteiger partial charge in [-0.2, -0.15) is 0 Å². The summed E-state index contributed by atoms with van der Waals surface area (Å²) in [6.45, 7) is 10.8. The summed E-state index contributed by atoms with van der Waals surface area (Å²) in [6.07, 6.45) is -0.671. The molecule has 1 unspecified atom stereocenters. The molecule has 0 aromatic heterocycles. The molecule has 2 N–H and O–H groups in total. The first kappa shape index (κ1) is 22.5. The lowest BCUT2D eigenvalue weighted by molar-refractivity contribution is -0.140. The van der Waals surface area contributed by atoms with Gasteiger partial charge in [-0.15, -0.1) is 0 Å². The molecule has 27 heavy (non-hydrogen) atoms. The van der Waals surface area contributed by atoms with Crippen LogP contribution in [-0.2, 0) is 14.3 Å². The van der Waals surface area contributed by atoms with Crippen molar-refractivity contribution in [2.75, 3.05) is 13.1 Å². The van der Waals surface area contributed by atoms with Gasteiger partial charge in [-0.25, -0.2) is 4.79 Å². The van der Waals surface area contributed by atoms with E-state index in [1.807, 2.05) is 44.2 Å². The molecule has 1 rings (SSSR count). The van der Waals surface area contributed by atoms with Crippen molar-refractivity contribution < 1.29 is 19.1 Å². The van der Waals surface area contributed by atoms with Gasteiger partial charge in [0.25, 0.3) is 0 Å². The summed E-state index contributed by atoms with van der Waals surface area (Å²) < 4.78 is 5.15. The maximum atomic E-state index is 12.8. The lowest BCUT2D eigenvalue weighted by Gasteiger charge is -2.31. The zero-order valence-corrected chi connectivity index (χ0v) is 17.0. The van der Waals surface area contributed by atoms with Gasteiger partial charge in [0.2, 0.25) is 11.8 Å². The molecule has 3 amide bonds. The number of carbonyl (C=O) groups excluding carboxylic acids is 3. The molecule has 0 heterocycles. The van der Waals surface area contributed by atoms with E-state index in [1.165, 1.54) is 4.90 Å². The van der Waals surface area contributed by atoms with Gasteiger partial charge in [0.1, 0.15) is 18.2 Å². The molecule has 7 heteroatoms. The zero-order valence-electron chi connectivity index (χ0n) is 17.0. The number of rotatable bonds is 7. The summed E-state index contributed by atoms with van der Waals surface area (Å²) >= 11 is 0. The highest BCUT2D eigenvalue weighted by atomic mass is 16.6. The summed E-state index contributed by atoms with van der Waals surface area (Å²) in [5, 5.41) is 5.32. The maximum Gasteiger partial charge on any atom is 0.408 e. The minimum absolute atomic E-state index is 0.0580. The molecule has 150 valence electrons. The normalized spacial score (nSPS) is 12.3. The summed E-state index contributed by atoms with van der Waals surface area (Å²) in [4.78, 5) is 38.8. The van der Waals surface area contributed by atoms with E-state index in [0.717, 1.165) is 0 Å². The molecule has 0 aliphatic heterocycles. The molecule has 1 aromatic rings. The van der Waals surface area contributed by atoms with Gasteiger partial charge in [-0.1, -0.05) is 30.3 Å². The molecule has 0 saturated carbocycles. The first-order chi connectivity index (χ1) is 12.5. The highest BCUT2D eigenvalue weighted by Crippen LogP contribution is 2.21. The fraction of sp³-hybridized carbons (Fsp3) is 0.550. The van der Waals surface area contributed by atoms with E-state index in [9.17, 15) is 14.4 Å². The van der Waals surface area contributed by atoms with Gasteiger partial charge in [-0.05, 0) is 47.1 Å². The molecule has 0 saturated heterocycles. The molecular weight excluding hydrogens is 346 g/mol. The molecule has 1 aromatic carbocycles. The lowest BCUT2D eigenvalue weighted by atomic mass is 10.0. The molecule has 7 nitrogen and oxygen atoms in total. The Morgan fingerprint density at radius 1 is 1.11 bits per heavy atom. The molecule has 0 radical (unpaired) electrons. The third-order valence-electron chi connectivity index (χ3n) is 3.55. The van der Waals surface area contributed by atoms with Crippen LogP contribution in [0.15, 0.2) is 30.3 Å². The van der Waals surface area contributed by atoms with Gasteiger partial charge in [0, 0.05) is 12.6 Å². The SMILES string of the molecule is CCN(C(=O)CNC(=O)OC(C)(C)C)C(C(=O)NC(C)C)c1ccccc1. The van der Waals surface area contributed by atoms with E-state index >= 15 is 0 Å². The number of amides is 3. The van der Waals surface area contributed by atoms with E-state index in [2.05, 4.69) is 10.6 Å². The van der Waals surface area contributed by atoms with Crippen molar-refractivity contribution in [2.45, 2.75) is 59.2 Å². The molecule has 0 aliphatic rings. The Morgan fingerprint density at radius 2 is 1.70 bits per heavy atom. The lowest BCUT2D eigenvalue weighted by Crippen LogP contribution is -2.48. The Morgan fingerprint density at radius 3 is 2.19 bits per heavy atom. The topological polar surface area (TPSA) is 87.7 Å².